The molecule has 2 atom stereocenters. The molecule has 0 saturated heterocycles. The Kier molecular flexibility index (Phi) is 11.7. The van der Waals surface area contributed by atoms with E-state index in [-0.39, 0.29) is 35.1 Å². The van der Waals surface area contributed by atoms with Crippen LogP contribution in [0.1, 0.15) is 64.5 Å². The molecule has 3 aromatic carbocycles. The number of nitrogens with zero attached hydrogens (tertiary/aromatic N) is 3. The molecule has 7 nitrogen and oxygen atoms in total. The van der Waals surface area contributed by atoms with E-state index >= 15 is 4.39 Å². The Balaban J connectivity index is 1.72. The fourth-order valence-electron chi connectivity index (χ4n) is 5.42. The summed E-state index contributed by atoms with van der Waals surface area (Å²) in [6.07, 6.45) is 0.291. The zero-order valence-corrected chi connectivity index (χ0v) is 30.4. The predicted molar refractivity (Wildman–Crippen MR) is 190 cm³/mol. The van der Waals surface area contributed by atoms with Crippen molar-refractivity contribution in [2.75, 3.05) is 13.1 Å². The molecule has 4 aromatic rings. The van der Waals surface area contributed by atoms with Crippen LogP contribution in [0.3, 0.4) is 0 Å². The van der Waals surface area contributed by atoms with E-state index in [0.29, 0.717) is 24.6 Å². The molecule has 258 valence electrons. The van der Waals surface area contributed by atoms with Crippen LogP contribution in [-0.4, -0.2) is 53.2 Å². The zero-order chi connectivity index (χ0) is 35.3. The van der Waals surface area contributed by atoms with Gasteiger partial charge in [-0.2, -0.15) is 0 Å². The van der Waals surface area contributed by atoms with Gasteiger partial charge in [0, 0.05) is 31.4 Å². The number of aromatic nitrogens is 2. The number of carbonyl (C=O) groups is 1. The van der Waals surface area contributed by atoms with Crippen molar-refractivity contribution in [3.05, 3.63) is 114 Å². The molecule has 1 unspecified atom stereocenters. The molecule has 0 saturated carbocycles. The molecule has 0 bridgehead atoms. The second kappa shape index (κ2) is 15.1. The Morgan fingerprint density at radius 2 is 1.56 bits per heavy atom. The van der Waals surface area contributed by atoms with Crippen molar-refractivity contribution in [3.8, 4) is 11.3 Å². The highest BCUT2D eigenvalue weighted by Gasteiger charge is 2.40. The molecule has 48 heavy (non-hydrogen) atoms. The fourth-order valence-corrected chi connectivity index (χ4v) is 6.77. The van der Waals surface area contributed by atoms with Crippen LogP contribution >= 0.6 is 0 Å². The highest BCUT2D eigenvalue weighted by atomic mass is 28.4. The third-order valence-electron chi connectivity index (χ3n) is 9.06. The van der Waals surface area contributed by atoms with E-state index in [1.54, 1.807) is 6.20 Å². The van der Waals surface area contributed by atoms with Gasteiger partial charge < -0.3 is 24.3 Å². The summed E-state index contributed by atoms with van der Waals surface area (Å²) in [5, 5.41) is 13.8. The maximum absolute atomic E-state index is 15.0. The van der Waals surface area contributed by atoms with E-state index < -0.39 is 32.1 Å². The Labute approximate surface area is 285 Å². The highest BCUT2D eigenvalue weighted by Crippen LogP contribution is 2.38. The van der Waals surface area contributed by atoms with E-state index in [9.17, 15) is 14.3 Å². The Morgan fingerprint density at radius 1 is 0.958 bits per heavy atom. The van der Waals surface area contributed by atoms with Crippen LogP contribution in [0.4, 0.5) is 13.6 Å². The number of hydrogen-bond acceptors (Lipinski definition) is 4. The summed E-state index contributed by atoms with van der Waals surface area (Å²) < 4.78 is 38.2. The zero-order valence-electron chi connectivity index (χ0n) is 29.4. The van der Waals surface area contributed by atoms with E-state index in [4.69, 9.17) is 9.41 Å². The van der Waals surface area contributed by atoms with Gasteiger partial charge in [0.1, 0.15) is 17.5 Å². The lowest BCUT2D eigenvalue weighted by Crippen LogP contribution is -2.51. The maximum Gasteiger partial charge on any atom is 0.407 e. The second-order valence-electron chi connectivity index (χ2n) is 15.1. The summed E-state index contributed by atoms with van der Waals surface area (Å²) in [5.41, 5.74) is 1.98. The lowest BCUT2D eigenvalue weighted by Gasteiger charge is -2.41. The van der Waals surface area contributed by atoms with Gasteiger partial charge in [-0.25, -0.2) is 18.6 Å². The smallest absolute Gasteiger partial charge is 0.407 e. The number of carboxylic acid groups (broad SMARTS) is 1. The molecule has 0 spiro atoms. The van der Waals surface area contributed by atoms with E-state index in [2.05, 4.69) is 60.0 Å². The molecular weight excluding hydrogens is 627 g/mol. The molecule has 4 rings (SSSR count). The number of amides is 1. The summed E-state index contributed by atoms with van der Waals surface area (Å²) in [4.78, 5) is 18.9. The summed E-state index contributed by atoms with van der Waals surface area (Å²) in [6, 6.07) is 22.5. The van der Waals surface area contributed by atoms with Crippen molar-refractivity contribution in [1.82, 2.24) is 19.8 Å². The van der Waals surface area contributed by atoms with Crippen molar-refractivity contribution in [2.45, 2.75) is 84.9 Å². The quantitative estimate of drug-likeness (QED) is 0.138. The van der Waals surface area contributed by atoms with Crippen molar-refractivity contribution >= 4 is 14.4 Å². The highest BCUT2D eigenvalue weighted by molar-refractivity contribution is 6.74. The van der Waals surface area contributed by atoms with Gasteiger partial charge in [0.2, 0.25) is 0 Å². The number of hydrogen-bond donors (Lipinski definition) is 2. The second-order valence-corrected chi connectivity index (χ2v) is 19.8. The van der Waals surface area contributed by atoms with E-state index in [1.807, 2.05) is 65.2 Å². The summed E-state index contributed by atoms with van der Waals surface area (Å²) in [7, 11) is -2.33. The third kappa shape index (κ3) is 9.61. The van der Waals surface area contributed by atoms with Crippen LogP contribution in [0.2, 0.25) is 18.1 Å². The van der Waals surface area contributed by atoms with Crippen molar-refractivity contribution < 1.29 is 23.1 Å². The first-order chi connectivity index (χ1) is 22.4. The minimum Gasteiger partial charge on any atom is -0.465 e. The van der Waals surface area contributed by atoms with Gasteiger partial charge >= 0.3 is 6.09 Å². The molecular formula is C38H50F2N4O3Si. The molecule has 0 fully saturated rings. The van der Waals surface area contributed by atoms with Crippen molar-refractivity contribution in [2.24, 2.45) is 5.41 Å². The lowest BCUT2D eigenvalue weighted by molar-refractivity contribution is 0.0918. The molecule has 1 heterocycles. The average Bonchev–Trinajstić information content (AvgIpc) is 3.40. The van der Waals surface area contributed by atoms with Crippen molar-refractivity contribution in [3.63, 3.8) is 0 Å². The van der Waals surface area contributed by atoms with Crippen LogP contribution in [0.15, 0.2) is 85.1 Å². The molecule has 1 aromatic heterocycles. The molecule has 0 radical (unpaired) electrons. The minimum atomic E-state index is -2.33. The van der Waals surface area contributed by atoms with Gasteiger partial charge in [-0.05, 0) is 52.9 Å². The van der Waals surface area contributed by atoms with Crippen LogP contribution in [0.5, 0.6) is 0 Å². The maximum atomic E-state index is 15.0. The number of halogens is 2. The first-order valence-corrected chi connectivity index (χ1v) is 19.3. The van der Waals surface area contributed by atoms with Gasteiger partial charge in [0.05, 0.1) is 24.4 Å². The van der Waals surface area contributed by atoms with Crippen LogP contribution < -0.4 is 5.32 Å². The van der Waals surface area contributed by atoms with E-state index in [0.717, 1.165) is 23.3 Å². The van der Waals surface area contributed by atoms with E-state index in [1.165, 1.54) is 11.0 Å². The third-order valence-corrected chi connectivity index (χ3v) is 13.6. The standard InChI is InChI=1S/C38H50F2N4O3Si/c1-37(2,3)34(35-42-33(31-21-29(39)19-20-32(31)40)26-43(35)23-27-15-11-9-12-16-27)41-22-30(47-48(7,8)38(4,5)6)25-44(36(45)46)24-28-17-13-10-14-18-28/h9-21,26,30,34,41H,22-25H2,1-8H3,(H,45,46)/t30?,34-/m0/s1. The number of rotatable bonds is 13. The monoisotopic (exact) mass is 676 g/mol. The predicted octanol–water partition coefficient (Wildman–Crippen LogP) is 9.12. The SMILES string of the molecule is CC(C)(C)[C@@H](NCC(CN(Cc1ccccc1)C(=O)O)O[Si](C)(C)C(C)(C)C)c1nc(-c2cc(F)ccc2F)cn1Cc1ccccc1. The van der Waals surface area contributed by atoms with Crippen molar-refractivity contribution in [1.29, 1.82) is 0 Å². The summed E-state index contributed by atoms with van der Waals surface area (Å²) in [5.74, 6) is -0.432. The Hall–Kier alpha value is -3.86. The van der Waals surface area contributed by atoms with Crippen LogP contribution in [0.25, 0.3) is 11.3 Å². The first-order valence-electron chi connectivity index (χ1n) is 16.4. The lowest BCUT2D eigenvalue weighted by atomic mass is 9.86. The normalized spacial score (nSPS) is 13.7. The molecule has 1 amide bonds. The van der Waals surface area contributed by atoms with Gasteiger partial charge in [-0.1, -0.05) is 102 Å². The first kappa shape index (κ1) is 37.0. The largest absolute Gasteiger partial charge is 0.465 e. The molecule has 0 aliphatic carbocycles. The number of benzene rings is 3. The molecule has 2 N–H and O–H groups in total. The van der Waals surface area contributed by atoms with Crippen LogP contribution in [0, 0.1) is 17.0 Å². The molecule has 0 aliphatic heterocycles. The average molecular weight is 677 g/mol. The number of imidazole rings is 1. The fraction of sp³-hybridized carbons (Fsp3) is 0.421. The molecule has 10 heteroatoms. The summed E-state index contributed by atoms with van der Waals surface area (Å²) in [6.45, 7) is 18.3. The Morgan fingerprint density at radius 3 is 2.12 bits per heavy atom. The van der Waals surface area contributed by atoms with Gasteiger partial charge in [-0.3, -0.25) is 0 Å². The Bertz CT molecular complexity index is 1650. The minimum absolute atomic E-state index is 0.0906. The topological polar surface area (TPSA) is 79.6 Å². The number of nitrogens with one attached hydrogen (secondary N) is 1. The summed E-state index contributed by atoms with van der Waals surface area (Å²) >= 11 is 0. The van der Waals surface area contributed by atoms with Gasteiger partial charge in [-0.15, -0.1) is 0 Å². The van der Waals surface area contributed by atoms with Gasteiger partial charge in [0.25, 0.3) is 0 Å². The van der Waals surface area contributed by atoms with Gasteiger partial charge in [0.15, 0.2) is 8.32 Å². The molecule has 0 aliphatic rings. The van der Waals surface area contributed by atoms with Crippen LogP contribution in [-0.2, 0) is 17.5 Å².